The van der Waals surface area contributed by atoms with Gasteiger partial charge in [0.25, 0.3) is 0 Å². The first-order valence-electron chi connectivity index (χ1n) is 8.60. The van der Waals surface area contributed by atoms with Gasteiger partial charge >= 0.3 is 0 Å². The summed E-state index contributed by atoms with van der Waals surface area (Å²) in [5.74, 6) is 0. The van der Waals surface area contributed by atoms with Crippen LogP contribution in [0.4, 0.5) is 0 Å². The lowest BCUT2D eigenvalue weighted by Gasteiger charge is -2.37. The van der Waals surface area contributed by atoms with Crippen molar-refractivity contribution in [3.63, 3.8) is 0 Å². The highest BCUT2D eigenvalue weighted by Crippen LogP contribution is 2.32. The Morgan fingerprint density at radius 1 is 1.04 bits per heavy atom. The third kappa shape index (κ3) is 4.55. The zero-order valence-electron chi connectivity index (χ0n) is 14.0. The Hall–Kier alpha value is -1.98. The molecule has 0 saturated carbocycles. The molecular weight excluding hydrogens is 316 g/mol. The lowest BCUT2D eigenvalue weighted by Crippen LogP contribution is -2.44. The zero-order chi connectivity index (χ0) is 17.6. The maximum absolute atomic E-state index is 10.2. The van der Waals surface area contributed by atoms with Crippen LogP contribution in [-0.2, 0) is 11.2 Å². The summed E-state index contributed by atoms with van der Waals surface area (Å²) in [6.07, 6.45) is 2.22. The summed E-state index contributed by atoms with van der Waals surface area (Å²) >= 11 is 0. The number of hydrogen-bond donors (Lipinski definition) is 3. The number of rotatable bonds is 5. The van der Waals surface area contributed by atoms with E-state index >= 15 is 0 Å². The monoisotopic (exact) mass is 340 g/mol. The molecule has 132 valence electrons. The fourth-order valence-corrected chi connectivity index (χ4v) is 3.14. The van der Waals surface area contributed by atoms with Crippen LogP contribution in [0.25, 0.3) is 6.08 Å². The predicted molar refractivity (Wildman–Crippen MR) is 97.0 cm³/mol. The van der Waals surface area contributed by atoms with Gasteiger partial charge in [-0.05, 0) is 23.1 Å². The molecule has 3 N–H and O–H groups in total. The van der Waals surface area contributed by atoms with Crippen molar-refractivity contribution in [1.29, 1.82) is 0 Å². The number of allylic oxidation sites excluding steroid dienone is 1. The number of ether oxygens (including phenoxy) is 1. The average Bonchev–Trinajstić information content (AvgIpc) is 2.65. The van der Waals surface area contributed by atoms with Crippen LogP contribution in [0, 0.1) is 0 Å². The molecule has 2 aromatic rings. The van der Waals surface area contributed by atoms with Crippen molar-refractivity contribution in [2.24, 2.45) is 0 Å². The topological polar surface area (TPSA) is 69.9 Å². The molecule has 1 aliphatic rings. The van der Waals surface area contributed by atoms with Crippen LogP contribution in [0.5, 0.6) is 0 Å². The van der Waals surface area contributed by atoms with E-state index in [0.717, 1.165) is 23.1 Å². The van der Waals surface area contributed by atoms with Crippen LogP contribution in [0.15, 0.2) is 60.7 Å². The Balaban J connectivity index is 1.71. The van der Waals surface area contributed by atoms with E-state index in [1.807, 2.05) is 42.5 Å². The smallest absolute Gasteiger partial charge is 0.111 e. The van der Waals surface area contributed by atoms with Crippen molar-refractivity contribution < 1.29 is 20.1 Å². The average molecular weight is 340 g/mol. The van der Waals surface area contributed by atoms with E-state index in [9.17, 15) is 15.3 Å². The van der Waals surface area contributed by atoms with E-state index in [-0.39, 0.29) is 13.0 Å². The molecule has 0 spiro atoms. The fraction of sp³-hybridized carbons (Fsp3) is 0.333. The van der Waals surface area contributed by atoms with E-state index in [2.05, 4.69) is 24.3 Å². The molecule has 25 heavy (non-hydrogen) atoms. The van der Waals surface area contributed by atoms with Crippen molar-refractivity contribution in [1.82, 2.24) is 0 Å². The Morgan fingerprint density at radius 2 is 1.84 bits per heavy atom. The Labute approximate surface area is 148 Å². The van der Waals surface area contributed by atoms with Crippen LogP contribution in [0.2, 0.25) is 0 Å². The third-order valence-corrected chi connectivity index (χ3v) is 4.49. The second-order valence-corrected chi connectivity index (χ2v) is 6.42. The van der Waals surface area contributed by atoms with Gasteiger partial charge in [-0.1, -0.05) is 66.7 Å². The van der Waals surface area contributed by atoms with E-state index in [1.165, 1.54) is 0 Å². The maximum Gasteiger partial charge on any atom is 0.111 e. The largest absolute Gasteiger partial charge is 0.394 e. The van der Waals surface area contributed by atoms with E-state index in [4.69, 9.17) is 4.74 Å². The van der Waals surface area contributed by atoms with Crippen molar-refractivity contribution in [2.45, 2.75) is 37.3 Å². The standard InChI is InChI=1S/C21H24O4/c22-14-18-13-19(23)20(24)21(25-18)17-11-5-10-16(12-17)9-4-8-15-6-2-1-3-7-15/h1-8,10-12,18-24H,9,13-14H2/b8-4+/t18?,19?,20?,21-/m1/s1. The summed E-state index contributed by atoms with van der Waals surface area (Å²) in [6, 6.07) is 17.9. The molecule has 0 amide bonds. The quantitative estimate of drug-likeness (QED) is 0.782. The highest BCUT2D eigenvalue weighted by molar-refractivity contribution is 5.49. The number of benzene rings is 2. The Bertz CT molecular complexity index is 698. The summed E-state index contributed by atoms with van der Waals surface area (Å²) in [7, 11) is 0. The van der Waals surface area contributed by atoms with Gasteiger partial charge in [0, 0.05) is 6.42 Å². The van der Waals surface area contributed by atoms with Gasteiger partial charge in [0.2, 0.25) is 0 Å². The molecule has 4 nitrogen and oxygen atoms in total. The molecule has 0 aliphatic carbocycles. The molecule has 1 saturated heterocycles. The molecule has 3 rings (SSSR count). The first-order chi connectivity index (χ1) is 12.2. The molecule has 0 radical (unpaired) electrons. The zero-order valence-corrected chi connectivity index (χ0v) is 14.0. The van der Waals surface area contributed by atoms with E-state index in [1.54, 1.807) is 0 Å². The third-order valence-electron chi connectivity index (χ3n) is 4.49. The van der Waals surface area contributed by atoms with E-state index < -0.39 is 24.4 Å². The van der Waals surface area contributed by atoms with Crippen molar-refractivity contribution in [3.8, 4) is 0 Å². The number of hydrogen-bond acceptors (Lipinski definition) is 4. The molecular formula is C21H24O4. The maximum atomic E-state index is 10.2. The van der Waals surface area contributed by atoms with Crippen molar-refractivity contribution in [3.05, 3.63) is 77.4 Å². The summed E-state index contributed by atoms with van der Waals surface area (Å²) in [6.45, 7) is -0.167. The molecule has 0 bridgehead atoms. The second-order valence-electron chi connectivity index (χ2n) is 6.42. The Morgan fingerprint density at radius 3 is 2.60 bits per heavy atom. The summed E-state index contributed by atoms with van der Waals surface area (Å²) in [5, 5.41) is 29.6. The first-order valence-corrected chi connectivity index (χ1v) is 8.60. The van der Waals surface area contributed by atoms with Crippen molar-refractivity contribution >= 4 is 6.08 Å². The number of aliphatic hydroxyl groups is 3. The van der Waals surface area contributed by atoms with Crippen LogP contribution in [-0.4, -0.2) is 40.2 Å². The van der Waals surface area contributed by atoms with Gasteiger partial charge in [-0.15, -0.1) is 0 Å². The van der Waals surface area contributed by atoms with Crippen LogP contribution in [0.1, 0.15) is 29.2 Å². The molecule has 1 aliphatic heterocycles. The van der Waals surface area contributed by atoms with Crippen LogP contribution in [0.3, 0.4) is 0 Å². The van der Waals surface area contributed by atoms with Gasteiger partial charge in [0.1, 0.15) is 12.2 Å². The molecule has 1 heterocycles. The SMILES string of the molecule is OCC1CC(O)C(O)[C@@H](c2cccc(C/C=C/c3ccccc3)c2)O1. The summed E-state index contributed by atoms with van der Waals surface area (Å²) in [4.78, 5) is 0. The lowest BCUT2D eigenvalue weighted by molar-refractivity contribution is -0.179. The van der Waals surface area contributed by atoms with Gasteiger partial charge < -0.3 is 20.1 Å². The van der Waals surface area contributed by atoms with Gasteiger partial charge in [0.05, 0.1) is 18.8 Å². The molecule has 3 unspecified atom stereocenters. The van der Waals surface area contributed by atoms with Gasteiger partial charge in [-0.2, -0.15) is 0 Å². The Kier molecular flexibility index (Phi) is 6.00. The predicted octanol–water partition coefficient (Wildman–Crippen LogP) is 2.49. The molecule has 0 aromatic heterocycles. The number of aliphatic hydroxyl groups excluding tert-OH is 3. The fourth-order valence-electron chi connectivity index (χ4n) is 3.14. The normalized spacial score (nSPS) is 26.8. The first kappa shape index (κ1) is 17.8. The van der Waals surface area contributed by atoms with Gasteiger partial charge in [-0.3, -0.25) is 0 Å². The minimum Gasteiger partial charge on any atom is -0.394 e. The highest BCUT2D eigenvalue weighted by atomic mass is 16.5. The van der Waals surface area contributed by atoms with E-state index in [0.29, 0.717) is 0 Å². The molecule has 4 atom stereocenters. The minimum absolute atomic E-state index is 0.167. The highest BCUT2D eigenvalue weighted by Gasteiger charge is 2.37. The lowest BCUT2D eigenvalue weighted by atomic mass is 9.92. The summed E-state index contributed by atoms with van der Waals surface area (Å²) in [5.41, 5.74) is 3.06. The van der Waals surface area contributed by atoms with Crippen LogP contribution >= 0.6 is 0 Å². The van der Waals surface area contributed by atoms with Gasteiger partial charge in [-0.25, -0.2) is 0 Å². The molecule has 4 heteroatoms. The summed E-state index contributed by atoms with van der Waals surface area (Å²) < 4.78 is 5.76. The molecule has 1 fully saturated rings. The van der Waals surface area contributed by atoms with Crippen molar-refractivity contribution in [2.75, 3.05) is 6.61 Å². The molecule has 2 aromatic carbocycles. The second kappa shape index (κ2) is 8.41. The van der Waals surface area contributed by atoms with Gasteiger partial charge in [0.15, 0.2) is 0 Å². The van der Waals surface area contributed by atoms with Crippen LogP contribution < -0.4 is 0 Å². The minimum atomic E-state index is -0.988.